The van der Waals surface area contributed by atoms with Gasteiger partial charge in [-0.2, -0.15) is 18.5 Å². The van der Waals surface area contributed by atoms with Crippen molar-refractivity contribution in [3.8, 4) is 0 Å². The van der Waals surface area contributed by atoms with Gasteiger partial charge < -0.3 is 0 Å². The summed E-state index contributed by atoms with van der Waals surface area (Å²) in [5, 5.41) is 2.38. The minimum atomic E-state index is -4.51. The zero-order chi connectivity index (χ0) is 13.3. The third-order valence-electron chi connectivity index (χ3n) is 2.15. The van der Waals surface area contributed by atoms with Crippen molar-refractivity contribution in [3.63, 3.8) is 0 Å². The molecule has 0 unspecified atom stereocenters. The van der Waals surface area contributed by atoms with E-state index in [-0.39, 0.29) is 10.5 Å². The van der Waals surface area contributed by atoms with Gasteiger partial charge in [0.1, 0.15) is 0 Å². The van der Waals surface area contributed by atoms with Gasteiger partial charge in [0.05, 0.1) is 10.5 Å². The van der Waals surface area contributed by atoms with E-state index >= 15 is 0 Å². The van der Waals surface area contributed by atoms with Crippen LogP contribution in [-0.4, -0.2) is 11.1 Å². The molecule has 0 saturated carbocycles. The topological polar surface area (TPSA) is 48.2 Å². The molecule has 2 rings (SSSR count). The molecule has 0 spiro atoms. The van der Waals surface area contributed by atoms with Crippen LogP contribution in [0.2, 0.25) is 0 Å². The van der Waals surface area contributed by atoms with Crippen molar-refractivity contribution in [1.82, 2.24) is 5.32 Å². The van der Waals surface area contributed by atoms with Crippen molar-refractivity contribution < 1.29 is 22.8 Å². The molecule has 0 N–H and O–H groups in total. The molecule has 0 atom stereocenters. The summed E-state index contributed by atoms with van der Waals surface area (Å²) in [5.74, 6) is -0.804. The molecular weight excluding hydrogens is 267 g/mol. The number of hydrogen-bond donors (Lipinski definition) is 0. The van der Waals surface area contributed by atoms with Crippen LogP contribution in [0.15, 0.2) is 29.2 Å². The van der Waals surface area contributed by atoms with Gasteiger partial charge in [-0.15, -0.1) is 0 Å². The van der Waals surface area contributed by atoms with Gasteiger partial charge in [0.25, 0.3) is 5.91 Å². The number of imide groups is 1. The molecule has 18 heavy (non-hydrogen) atoms. The zero-order valence-electron chi connectivity index (χ0n) is 8.69. The fourth-order valence-corrected chi connectivity index (χ4v) is 2.05. The van der Waals surface area contributed by atoms with Crippen molar-refractivity contribution in [2.75, 3.05) is 0 Å². The van der Waals surface area contributed by atoms with Crippen LogP contribution in [0, 0.1) is 0 Å². The molecule has 3 nitrogen and oxygen atoms in total. The summed E-state index contributed by atoms with van der Waals surface area (Å²) >= 11 is 0.526. The van der Waals surface area contributed by atoms with Gasteiger partial charge in [0.15, 0.2) is 0 Å². The number of nitrogens with zero attached hydrogens (tertiary/aromatic N) is 1. The molecule has 93 valence electrons. The highest BCUT2D eigenvalue weighted by molar-refractivity contribution is 8.18. The van der Waals surface area contributed by atoms with E-state index in [1.165, 1.54) is 18.2 Å². The molecule has 1 fully saturated rings. The van der Waals surface area contributed by atoms with Crippen molar-refractivity contribution in [2.24, 2.45) is 0 Å². The molecule has 1 radical (unpaired) electrons. The first-order chi connectivity index (χ1) is 8.38. The number of thioether (sulfide) groups is 1. The molecule has 0 bridgehead atoms. The third kappa shape index (κ3) is 2.56. The van der Waals surface area contributed by atoms with E-state index in [1.54, 1.807) is 0 Å². The smallest absolute Gasteiger partial charge is 0.266 e. The van der Waals surface area contributed by atoms with Gasteiger partial charge in [-0.05, 0) is 29.5 Å². The molecular formula is C11H5F3NO2S. The molecule has 1 heterocycles. The second-order valence-electron chi connectivity index (χ2n) is 3.38. The minimum Gasteiger partial charge on any atom is -0.266 e. The first kappa shape index (κ1) is 12.7. The highest BCUT2D eigenvalue weighted by atomic mass is 32.2. The summed E-state index contributed by atoms with van der Waals surface area (Å²) in [7, 11) is 0. The maximum Gasteiger partial charge on any atom is 0.416 e. The number of carbonyl (C=O) groups excluding carboxylic acids is 2. The van der Waals surface area contributed by atoms with E-state index in [1.807, 2.05) is 0 Å². The monoisotopic (exact) mass is 272 g/mol. The first-order valence-electron chi connectivity index (χ1n) is 4.74. The summed E-state index contributed by atoms with van der Waals surface area (Å²) in [5.41, 5.74) is -1.02. The fraction of sp³-hybridized carbons (Fsp3) is 0.0909. The number of carbonyl (C=O) groups is 2. The average Bonchev–Trinajstić information content (AvgIpc) is 2.57. The lowest BCUT2D eigenvalue weighted by Crippen LogP contribution is -2.10. The van der Waals surface area contributed by atoms with E-state index in [0.29, 0.717) is 11.8 Å². The molecule has 1 aromatic carbocycles. The standard InChI is InChI=1S/C11H5F3NO2S/c12-11(13,14)7-4-2-1-3-6(7)5-8-9(16)15-10(17)18-8/h1-5H. The van der Waals surface area contributed by atoms with Gasteiger partial charge in [0, 0.05) is 0 Å². The predicted molar refractivity (Wildman–Crippen MR) is 59.5 cm³/mol. The Labute approximate surface area is 104 Å². The van der Waals surface area contributed by atoms with Crippen molar-refractivity contribution in [2.45, 2.75) is 6.18 Å². The van der Waals surface area contributed by atoms with E-state index in [4.69, 9.17) is 0 Å². The van der Waals surface area contributed by atoms with Crippen LogP contribution in [-0.2, 0) is 11.0 Å². The van der Waals surface area contributed by atoms with Gasteiger partial charge >= 0.3 is 11.4 Å². The Bertz CT molecular complexity index is 551. The predicted octanol–water partition coefficient (Wildman–Crippen LogP) is 3.04. The van der Waals surface area contributed by atoms with Crippen molar-refractivity contribution in [1.29, 1.82) is 0 Å². The SMILES string of the molecule is O=C1[N]C(=O)C(=Cc2ccccc2C(F)(F)F)S1. The molecule has 0 aromatic heterocycles. The Morgan fingerprint density at radius 1 is 1.17 bits per heavy atom. The maximum atomic E-state index is 12.7. The lowest BCUT2D eigenvalue weighted by Gasteiger charge is -2.09. The highest BCUT2D eigenvalue weighted by Crippen LogP contribution is 2.34. The minimum absolute atomic E-state index is 0.100. The summed E-state index contributed by atoms with van der Waals surface area (Å²) in [6.07, 6.45) is -3.48. The van der Waals surface area contributed by atoms with Crippen molar-refractivity contribution in [3.05, 3.63) is 40.3 Å². The van der Waals surface area contributed by atoms with E-state index < -0.39 is 22.9 Å². The molecule has 1 aliphatic rings. The average molecular weight is 272 g/mol. The van der Waals surface area contributed by atoms with Gasteiger partial charge in [0.2, 0.25) is 0 Å². The Balaban J connectivity index is 2.44. The van der Waals surface area contributed by atoms with Gasteiger partial charge in [-0.25, -0.2) is 0 Å². The molecule has 7 heteroatoms. The number of amides is 2. The van der Waals surface area contributed by atoms with Crippen LogP contribution in [0.5, 0.6) is 0 Å². The summed E-state index contributed by atoms with van der Waals surface area (Å²) < 4.78 is 38.1. The van der Waals surface area contributed by atoms with Crippen LogP contribution < -0.4 is 5.32 Å². The first-order valence-corrected chi connectivity index (χ1v) is 5.55. The van der Waals surface area contributed by atoms with Crippen LogP contribution in [0.4, 0.5) is 18.0 Å². The third-order valence-corrected chi connectivity index (χ3v) is 2.93. The second kappa shape index (κ2) is 4.49. The van der Waals surface area contributed by atoms with E-state index in [0.717, 1.165) is 12.1 Å². The molecule has 2 amide bonds. The van der Waals surface area contributed by atoms with Crippen LogP contribution >= 0.6 is 11.8 Å². The second-order valence-corrected chi connectivity index (χ2v) is 4.37. The normalized spacial score (nSPS) is 18.3. The number of rotatable bonds is 1. The number of hydrogen-bond acceptors (Lipinski definition) is 3. The van der Waals surface area contributed by atoms with Crippen molar-refractivity contribution >= 4 is 29.0 Å². The lowest BCUT2D eigenvalue weighted by molar-refractivity contribution is -0.137. The summed E-state index contributed by atoms with van der Waals surface area (Å²) in [6.45, 7) is 0. The summed E-state index contributed by atoms with van der Waals surface area (Å²) in [4.78, 5) is 21.9. The Morgan fingerprint density at radius 3 is 2.39 bits per heavy atom. The summed E-state index contributed by atoms with van der Waals surface area (Å²) in [6, 6.07) is 4.82. The van der Waals surface area contributed by atoms with E-state index in [2.05, 4.69) is 5.32 Å². The van der Waals surface area contributed by atoms with Crippen LogP contribution in [0.1, 0.15) is 11.1 Å². The number of halogens is 3. The largest absolute Gasteiger partial charge is 0.416 e. The molecule has 1 saturated heterocycles. The Kier molecular flexibility index (Phi) is 3.16. The number of benzene rings is 1. The number of alkyl halides is 3. The van der Waals surface area contributed by atoms with Crippen LogP contribution in [0.25, 0.3) is 6.08 Å². The quantitative estimate of drug-likeness (QED) is 0.738. The Morgan fingerprint density at radius 2 is 1.83 bits per heavy atom. The maximum absolute atomic E-state index is 12.7. The fourth-order valence-electron chi connectivity index (χ4n) is 1.41. The molecule has 1 aliphatic heterocycles. The lowest BCUT2D eigenvalue weighted by atomic mass is 10.1. The molecule has 1 aromatic rings. The van der Waals surface area contributed by atoms with Gasteiger partial charge in [-0.1, -0.05) is 18.2 Å². The zero-order valence-corrected chi connectivity index (χ0v) is 9.51. The van der Waals surface area contributed by atoms with Crippen LogP contribution in [0.3, 0.4) is 0 Å². The molecule has 0 aliphatic carbocycles. The highest BCUT2D eigenvalue weighted by Gasteiger charge is 2.34. The van der Waals surface area contributed by atoms with E-state index in [9.17, 15) is 22.8 Å². The Hall–Kier alpha value is -1.76. The van der Waals surface area contributed by atoms with Gasteiger partial charge in [-0.3, -0.25) is 9.59 Å².